The van der Waals surface area contributed by atoms with E-state index in [1.165, 1.54) is 0 Å². The largest absolute Gasteiger partial charge is 0.444 e. The van der Waals surface area contributed by atoms with Gasteiger partial charge >= 0.3 is 6.09 Å². The first-order valence-corrected chi connectivity index (χ1v) is 8.19. The van der Waals surface area contributed by atoms with E-state index in [1.807, 2.05) is 27.0 Å². The number of carbonyl (C=O) groups is 1. The molecule has 5 nitrogen and oxygen atoms in total. The summed E-state index contributed by atoms with van der Waals surface area (Å²) in [6.07, 6.45) is 3.65. The molecule has 118 valence electrons. The van der Waals surface area contributed by atoms with Gasteiger partial charge in [-0.3, -0.25) is 0 Å². The lowest BCUT2D eigenvalue weighted by Gasteiger charge is -2.40. The molecule has 2 aromatic heterocycles. The number of aromatic nitrogens is 2. The van der Waals surface area contributed by atoms with E-state index < -0.39 is 5.60 Å². The minimum absolute atomic E-state index is 0.219. The third kappa shape index (κ3) is 3.27. The molecule has 0 saturated carbocycles. The minimum Gasteiger partial charge on any atom is -0.444 e. The van der Waals surface area contributed by atoms with E-state index in [0.717, 1.165) is 35.1 Å². The van der Waals surface area contributed by atoms with Crippen LogP contribution >= 0.6 is 15.9 Å². The Morgan fingerprint density at radius 1 is 1.45 bits per heavy atom. The topological polar surface area (TPSA) is 47.4 Å². The second-order valence-electron chi connectivity index (χ2n) is 6.79. The van der Waals surface area contributed by atoms with Gasteiger partial charge in [0.25, 0.3) is 0 Å². The van der Waals surface area contributed by atoms with E-state index in [0.29, 0.717) is 5.92 Å². The van der Waals surface area contributed by atoms with Crippen LogP contribution in [0.1, 0.15) is 20.8 Å². The highest BCUT2D eigenvalue weighted by atomic mass is 79.9. The number of carbonyl (C=O) groups excluding carboxylic acids is 1. The molecular weight excluding hydrogens is 346 g/mol. The van der Waals surface area contributed by atoms with Crippen molar-refractivity contribution >= 4 is 33.1 Å². The number of fused-ring (bicyclic) bond motifs is 1. The zero-order valence-electron chi connectivity index (χ0n) is 13.0. The molecule has 0 aromatic carbocycles. The maximum absolute atomic E-state index is 11.9. The summed E-state index contributed by atoms with van der Waals surface area (Å²) in [6, 6.07) is 4.13. The summed E-state index contributed by atoms with van der Waals surface area (Å²) in [4.78, 5) is 18.1. The average Bonchev–Trinajstić information content (AvgIpc) is 2.73. The SMILES string of the molecule is CC(C)(C)OC(=O)N1CC(Cn2ccc3cc(Br)cnc32)C1. The Labute approximate surface area is 138 Å². The average molecular weight is 366 g/mol. The Morgan fingerprint density at radius 3 is 2.86 bits per heavy atom. The lowest BCUT2D eigenvalue weighted by Crippen LogP contribution is -2.52. The third-order valence-electron chi connectivity index (χ3n) is 3.63. The summed E-state index contributed by atoms with van der Waals surface area (Å²) in [7, 11) is 0. The Bertz CT molecular complexity index is 699. The van der Waals surface area contributed by atoms with Gasteiger partial charge in [-0.05, 0) is 48.8 Å². The summed E-state index contributed by atoms with van der Waals surface area (Å²) in [5, 5.41) is 1.12. The lowest BCUT2D eigenvalue weighted by molar-refractivity contribution is -0.00317. The van der Waals surface area contributed by atoms with Crippen LogP contribution in [0.3, 0.4) is 0 Å². The standard InChI is InChI=1S/C16H20BrN3O2/c1-16(2,3)22-15(21)20-9-11(10-20)8-19-5-4-12-6-13(17)7-18-14(12)19/h4-7,11H,8-10H2,1-3H3. The van der Waals surface area contributed by atoms with Crippen LogP contribution in [0.5, 0.6) is 0 Å². The van der Waals surface area contributed by atoms with Crippen molar-refractivity contribution in [3.05, 3.63) is 29.0 Å². The summed E-state index contributed by atoms with van der Waals surface area (Å²) in [5.41, 5.74) is 0.551. The number of amides is 1. The van der Waals surface area contributed by atoms with Gasteiger partial charge in [0.1, 0.15) is 11.2 Å². The van der Waals surface area contributed by atoms with Crippen molar-refractivity contribution in [2.45, 2.75) is 32.9 Å². The van der Waals surface area contributed by atoms with Crippen LogP contribution in [0, 0.1) is 5.92 Å². The molecule has 3 heterocycles. The molecule has 1 saturated heterocycles. The van der Waals surface area contributed by atoms with Crippen LogP contribution in [-0.4, -0.2) is 39.2 Å². The summed E-state index contributed by atoms with van der Waals surface area (Å²) < 4.78 is 8.51. The molecular formula is C16H20BrN3O2. The van der Waals surface area contributed by atoms with E-state index in [1.54, 1.807) is 4.90 Å². The first-order chi connectivity index (χ1) is 10.3. The summed E-state index contributed by atoms with van der Waals surface area (Å²) >= 11 is 3.44. The van der Waals surface area contributed by atoms with Crippen molar-refractivity contribution in [2.24, 2.45) is 5.92 Å². The monoisotopic (exact) mass is 365 g/mol. The fraction of sp³-hybridized carbons (Fsp3) is 0.500. The molecule has 2 aromatic rings. The van der Waals surface area contributed by atoms with Gasteiger partial charge in [0.2, 0.25) is 0 Å². The Morgan fingerprint density at radius 2 is 2.18 bits per heavy atom. The number of halogens is 1. The zero-order chi connectivity index (χ0) is 15.9. The minimum atomic E-state index is -0.434. The predicted molar refractivity (Wildman–Crippen MR) is 88.7 cm³/mol. The number of ether oxygens (including phenoxy) is 1. The van der Waals surface area contributed by atoms with Gasteiger partial charge < -0.3 is 14.2 Å². The molecule has 1 aliphatic rings. The normalized spacial score (nSPS) is 15.9. The number of hydrogen-bond donors (Lipinski definition) is 0. The zero-order valence-corrected chi connectivity index (χ0v) is 14.6. The maximum atomic E-state index is 11.9. The van der Waals surface area contributed by atoms with E-state index >= 15 is 0 Å². The Hall–Kier alpha value is -1.56. The van der Waals surface area contributed by atoms with Gasteiger partial charge in [-0.2, -0.15) is 0 Å². The van der Waals surface area contributed by atoms with E-state index in [4.69, 9.17) is 4.74 Å². The summed E-state index contributed by atoms with van der Waals surface area (Å²) in [5.74, 6) is 0.452. The van der Waals surface area contributed by atoms with E-state index in [9.17, 15) is 4.79 Å². The molecule has 6 heteroatoms. The van der Waals surface area contributed by atoms with Crippen molar-refractivity contribution < 1.29 is 9.53 Å². The molecule has 0 unspecified atom stereocenters. The molecule has 0 bridgehead atoms. The number of nitrogens with zero attached hydrogens (tertiary/aromatic N) is 3. The highest BCUT2D eigenvalue weighted by Gasteiger charge is 2.33. The number of rotatable bonds is 2. The lowest BCUT2D eigenvalue weighted by atomic mass is 10.0. The summed E-state index contributed by atoms with van der Waals surface area (Å²) in [6.45, 7) is 8.02. The van der Waals surface area contributed by atoms with Gasteiger partial charge in [-0.1, -0.05) is 0 Å². The van der Waals surface area contributed by atoms with Crippen LogP contribution in [0.4, 0.5) is 4.79 Å². The van der Waals surface area contributed by atoms with Crippen LogP contribution in [0.25, 0.3) is 11.0 Å². The fourth-order valence-corrected chi connectivity index (χ4v) is 2.99. The molecule has 1 fully saturated rings. The van der Waals surface area contributed by atoms with Crippen molar-refractivity contribution in [3.8, 4) is 0 Å². The predicted octanol–water partition coefficient (Wildman–Crippen LogP) is 3.67. The molecule has 0 N–H and O–H groups in total. The Kier molecular flexibility index (Phi) is 3.89. The smallest absolute Gasteiger partial charge is 0.410 e. The van der Waals surface area contributed by atoms with Crippen molar-refractivity contribution in [2.75, 3.05) is 13.1 Å². The van der Waals surface area contributed by atoms with E-state index in [2.05, 4.69) is 43.8 Å². The molecule has 0 radical (unpaired) electrons. The number of likely N-dealkylation sites (tertiary alicyclic amines) is 1. The maximum Gasteiger partial charge on any atom is 0.410 e. The molecule has 0 atom stereocenters. The fourth-order valence-electron chi connectivity index (χ4n) is 2.64. The van der Waals surface area contributed by atoms with Crippen LogP contribution in [-0.2, 0) is 11.3 Å². The first-order valence-electron chi connectivity index (χ1n) is 7.40. The highest BCUT2D eigenvalue weighted by molar-refractivity contribution is 9.10. The van der Waals surface area contributed by atoms with Crippen molar-refractivity contribution in [1.82, 2.24) is 14.5 Å². The molecule has 1 amide bonds. The molecule has 3 rings (SSSR count). The molecule has 0 spiro atoms. The molecule has 22 heavy (non-hydrogen) atoms. The second-order valence-corrected chi connectivity index (χ2v) is 7.70. The van der Waals surface area contributed by atoms with Crippen LogP contribution in [0.15, 0.2) is 29.0 Å². The van der Waals surface area contributed by atoms with Gasteiger partial charge in [0, 0.05) is 47.8 Å². The van der Waals surface area contributed by atoms with Gasteiger partial charge in [-0.15, -0.1) is 0 Å². The first kappa shape index (κ1) is 15.3. The van der Waals surface area contributed by atoms with Gasteiger partial charge in [0.15, 0.2) is 0 Å². The number of pyridine rings is 1. The highest BCUT2D eigenvalue weighted by Crippen LogP contribution is 2.24. The van der Waals surface area contributed by atoms with Gasteiger partial charge in [0.05, 0.1) is 0 Å². The van der Waals surface area contributed by atoms with E-state index in [-0.39, 0.29) is 6.09 Å². The van der Waals surface area contributed by atoms with Crippen LogP contribution in [0.2, 0.25) is 0 Å². The quantitative estimate of drug-likeness (QED) is 0.815. The second kappa shape index (κ2) is 5.57. The van der Waals surface area contributed by atoms with Gasteiger partial charge in [-0.25, -0.2) is 9.78 Å². The number of hydrogen-bond acceptors (Lipinski definition) is 3. The van der Waals surface area contributed by atoms with Crippen molar-refractivity contribution in [3.63, 3.8) is 0 Å². The molecule has 1 aliphatic heterocycles. The third-order valence-corrected chi connectivity index (χ3v) is 4.07. The van der Waals surface area contributed by atoms with Crippen LogP contribution < -0.4 is 0 Å². The van der Waals surface area contributed by atoms with Crippen molar-refractivity contribution in [1.29, 1.82) is 0 Å². The molecule has 0 aliphatic carbocycles. The Balaban J connectivity index is 1.59.